The average molecular weight is 583 g/mol. The van der Waals surface area contributed by atoms with Crippen molar-refractivity contribution < 1.29 is 33.7 Å². The third-order valence-corrected chi connectivity index (χ3v) is 8.75. The molecule has 0 amide bonds. The highest BCUT2D eigenvalue weighted by atomic mass is 19.1. The first-order chi connectivity index (χ1) is 20.1. The number of ether oxygens (including phenoxy) is 2. The van der Waals surface area contributed by atoms with Crippen molar-refractivity contribution in [2.24, 2.45) is 0 Å². The van der Waals surface area contributed by atoms with Crippen LogP contribution in [0.1, 0.15) is 48.4 Å². The number of cyclic esters (lactones) is 1. The standard InChI is InChI=1S/C29H33FN4O5.CH2O2/c1-5-29(37)21-11-24-26-19(14-34(24)27(35)20(21)15-39-28(29)36)18(13-33-8-6-16(7-9-33)32(2)3)17-10-25(38-4)22(30)12-23(17)31-26;2-1-3/h10-12,16,37H,5-9,13-15H2,1-4H3;1H,(H,2,3)/t29-;/m0./s1. The highest BCUT2D eigenvalue weighted by molar-refractivity contribution is 5.90. The molecule has 3 aliphatic heterocycles. The maximum absolute atomic E-state index is 14.8. The van der Waals surface area contributed by atoms with Gasteiger partial charge in [-0.3, -0.25) is 14.5 Å². The maximum atomic E-state index is 14.8. The molecule has 6 rings (SSSR count). The highest BCUT2D eigenvalue weighted by Gasteiger charge is 2.45. The topological polar surface area (TPSA) is 134 Å². The van der Waals surface area contributed by atoms with Gasteiger partial charge in [0, 0.05) is 35.2 Å². The van der Waals surface area contributed by atoms with Gasteiger partial charge in [-0.05, 0) is 64.1 Å². The fourth-order valence-corrected chi connectivity index (χ4v) is 6.32. The molecule has 2 aromatic heterocycles. The summed E-state index contributed by atoms with van der Waals surface area (Å²) in [7, 11) is 5.66. The van der Waals surface area contributed by atoms with Gasteiger partial charge < -0.3 is 29.2 Å². The fraction of sp³-hybridized carbons (Fsp3) is 0.467. The summed E-state index contributed by atoms with van der Waals surface area (Å²) >= 11 is 0. The lowest BCUT2D eigenvalue weighted by atomic mass is 9.86. The summed E-state index contributed by atoms with van der Waals surface area (Å²) in [5, 5.41) is 18.9. The Balaban J connectivity index is 0.00000113. The van der Waals surface area contributed by atoms with Crippen LogP contribution < -0.4 is 10.3 Å². The van der Waals surface area contributed by atoms with E-state index in [2.05, 4.69) is 23.9 Å². The predicted octanol–water partition coefficient (Wildman–Crippen LogP) is 2.45. The summed E-state index contributed by atoms with van der Waals surface area (Å²) < 4.78 is 27.0. The van der Waals surface area contributed by atoms with Crippen molar-refractivity contribution in [2.45, 2.75) is 57.5 Å². The van der Waals surface area contributed by atoms with Crippen molar-refractivity contribution in [3.8, 4) is 17.1 Å². The van der Waals surface area contributed by atoms with Crippen LogP contribution in [0.25, 0.3) is 22.3 Å². The van der Waals surface area contributed by atoms with Crippen molar-refractivity contribution in [3.05, 3.63) is 56.6 Å². The van der Waals surface area contributed by atoms with E-state index in [0.717, 1.165) is 42.4 Å². The highest BCUT2D eigenvalue weighted by Crippen LogP contribution is 2.41. The van der Waals surface area contributed by atoms with Gasteiger partial charge in [0.2, 0.25) is 0 Å². The number of methoxy groups -OCH3 is 1. The minimum atomic E-state index is -1.90. The molecule has 2 N–H and O–H groups in total. The van der Waals surface area contributed by atoms with Gasteiger partial charge >= 0.3 is 5.97 Å². The quantitative estimate of drug-likeness (QED) is 0.267. The minimum Gasteiger partial charge on any atom is -0.494 e. The maximum Gasteiger partial charge on any atom is 0.343 e. The van der Waals surface area contributed by atoms with Crippen LogP contribution in [0, 0.1) is 5.82 Å². The number of halogens is 1. The first-order valence-electron chi connectivity index (χ1n) is 13.9. The minimum absolute atomic E-state index is 0.0683. The fourth-order valence-electron chi connectivity index (χ4n) is 6.32. The van der Waals surface area contributed by atoms with Crippen molar-refractivity contribution in [1.29, 1.82) is 0 Å². The number of nitrogens with zero attached hydrogens (tertiary/aromatic N) is 4. The van der Waals surface area contributed by atoms with Gasteiger partial charge in [0.15, 0.2) is 17.2 Å². The molecule has 5 heterocycles. The lowest BCUT2D eigenvalue weighted by Gasteiger charge is -2.35. The Morgan fingerprint density at radius 1 is 1.21 bits per heavy atom. The Bertz CT molecular complexity index is 1610. The van der Waals surface area contributed by atoms with E-state index in [1.807, 2.05) is 0 Å². The zero-order chi connectivity index (χ0) is 30.3. The third kappa shape index (κ3) is 4.83. The van der Waals surface area contributed by atoms with E-state index in [-0.39, 0.29) is 41.9 Å². The molecule has 1 atom stereocenters. The van der Waals surface area contributed by atoms with Crippen molar-refractivity contribution in [2.75, 3.05) is 34.3 Å². The van der Waals surface area contributed by atoms with Gasteiger partial charge in [0.1, 0.15) is 6.61 Å². The van der Waals surface area contributed by atoms with Crippen molar-refractivity contribution >= 4 is 23.3 Å². The number of aromatic nitrogens is 2. The lowest BCUT2D eigenvalue weighted by Crippen LogP contribution is -2.44. The zero-order valence-corrected chi connectivity index (χ0v) is 24.1. The van der Waals surface area contributed by atoms with Crippen LogP contribution in [-0.2, 0) is 39.6 Å². The number of esters is 1. The van der Waals surface area contributed by atoms with E-state index in [4.69, 9.17) is 24.4 Å². The number of piperidine rings is 1. The zero-order valence-electron chi connectivity index (χ0n) is 24.1. The molecular formula is C30H35FN4O7. The number of aliphatic hydroxyl groups is 1. The van der Waals surface area contributed by atoms with Gasteiger partial charge in [0.05, 0.1) is 36.1 Å². The van der Waals surface area contributed by atoms with Crippen LogP contribution in [0.3, 0.4) is 0 Å². The van der Waals surface area contributed by atoms with Gasteiger partial charge in [-0.15, -0.1) is 0 Å². The Hall–Kier alpha value is -3.87. The number of fused-ring (bicyclic) bond motifs is 5. The molecule has 1 aromatic carbocycles. The largest absolute Gasteiger partial charge is 0.494 e. The molecule has 0 spiro atoms. The molecule has 224 valence electrons. The Kier molecular flexibility index (Phi) is 8.06. The smallest absolute Gasteiger partial charge is 0.343 e. The molecule has 0 radical (unpaired) electrons. The molecule has 1 saturated heterocycles. The Morgan fingerprint density at radius 2 is 1.90 bits per heavy atom. The molecule has 3 aliphatic rings. The van der Waals surface area contributed by atoms with Crippen LogP contribution in [0.4, 0.5) is 4.39 Å². The van der Waals surface area contributed by atoms with E-state index in [1.54, 1.807) is 23.6 Å². The molecule has 3 aromatic rings. The molecule has 42 heavy (non-hydrogen) atoms. The molecule has 1 fully saturated rings. The number of likely N-dealkylation sites (tertiary alicyclic amines) is 1. The number of hydrogen-bond acceptors (Lipinski definition) is 9. The molecule has 0 bridgehead atoms. The van der Waals surface area contributed by atoms with Gasteiger partial charge in [-0.2, -0.15) is 0 Å². The predicted molar refractivity (Wildman–Crippen MR) is 152 cm³/mol. The molecule has 0 saturated carbocycles. The summed E-state index contributed by atoms with van der Waals surface area (Å²) in [6, 6.07) is 5.29. The van der Waals surface area contributed by atoms with Gasteiger partial charge in [-0.25, -0.2) is 14.2 Å². The number of benzene rings is 1. The summed E-state index contributed by atoms with van der Waals surface area (Å²) in [6.07, 6.45) is 2.16. The molecule has 0 aliphatic carbocycles. The summed E-state index contributed by atoms with van der Waals surface area (Å²) in [5.41, 5.74) is 1.75. The molecule has 11 nitrogen and oxygen atoms in total. The number of hydrogen-bond donors (Lipinski definition) is 2. The lowest BCUT2D eigenvalue weighted by molar-refractivity contribution is -0.172. The second-order valence-electron chi connectivity index (χ2n) is 11.1. The molecular weight excluding hydrogens is 547 g/mol. The van der Waals surface area contributed by atoms with E-state index >= 15 is 0 Å². The Morgan fingerprint density at radius 3 is 2.52 bits per heavy atom. The van der Waals surface area contributed by atoms with E-state index in [1.165, 1.54) is 13.2 Å². The number of carbonyl (C=O) groups excluding carboxylic acids is 1. The van der Waals surface area contributed by atoms with E-state index in [0.29, 0.717) is 36.0 Å². The monoisotopic (exact) mass is 582 g/mol. The first kappa shape index (κ1) is 29.6. The van der Waals surface area contributed by atoms with E-state index < -0.39 is 17.4 Å². The molecule has 12 heteroatoms. The molecule has 0 unspecified atom stereocenters. The van der Waals surface area contributed by atoms with Crippen LogP contribution in [-0.4, -0.2) is 82.3 Å². The van der Waals surface area contributed by atoms with Crippen LogP contribution in [0.5, 0.6) is 5.75 Å². The average Bonchev–Trinajstić information content (AvgIpc) is 3.34. The van der Waals surface area contributed by atoms with Crippen LogP contribution in [0.2, 0.25) is 0 Å². The number of carboxylic acid groups (broad SMARTS) is 1. The summed E-state index contributed by atoms with van der Waals surface area (Å²) in [4.78, 5) is 44.0. The number of pyridine rings is 2. The van der Waals surface area contributed by atoms with Gasteiger partial charge in [0.25, 0.3) is 12.0 Å². The summed E-state index contributed by atoms with van der Waals surface area (Å²) in [6.45, 7) is 4.00. The second-order valence-corrected chi connectivity index (χ2v) is 11.1. The SMILES string of the molecule is CC[C@@]1(O)C(=O)OCc2c1cc1n(c2=O)Cc2c-1nc1cc(F)c(OC)cc1c2CN1CCC(N(C)C)CC1.O=CO. The van der Waals surface area contributed by atoms with E-state index in [9.17, 15) is 19.1 Å². The van der Waals surface area contributed by atoms with Crippen molar-refractivity contribution in [1.82, 2.24) is 19.4 Å². The summed E-state index contributed by atoms with van der Waals surface area (Å²) in [5.74, 6) is -1.13. The number of carbonyl (C=O) groups is 2. The third-order valence-electron chi connectivity index (χ3n) is 8.75. The van der Waals surface area contributed by atoms with Crippen LogP contribution >= 0.6 is 0 Å². The van der Waals surface area contributed by atoms with Gasteiger partial charge in [-0.1, -0.05) is 6.92 Å². The number of rotatable bonds is 5. The Labute approximate surface area is 242 Å². The normalized spacial score (nSPS) is 19.9. The first-order valence-corrected chi connectivity index (χ1v) is 13.9. The van der Waals surface area contributed by atoms with Crippen molar-refractivity contribution in [3.63, 3.8) is 0 Å². The van der Waals surface area contributed by atoms with Crippen LogP contribution in [0.15, 0.2) is 23.0 Å². The second kappa shape index (κ2) is 11.4.